The number of thiocarbonyl (C=S) groups is 1. The highest BCUT2D eigenvalue weighted by molar-refractivity contribution is 7.81. The van der Waals surface area contributed by atoms with Crippen LogP contribution in [0, 0.1) is 0 Å². The fourth-order valence-corrected chi connectivity index (χ4v) is 4.53. The summed E-state index contributed by atoms with van der Waals surface area (Å²) in [4.78, 5) is 42.1. The highest BCUT2D eigenvalue weighted by atomic mass is 32.1. The minimum atomic E-state index is -0.597. The molecule has 1 saturated heterocycles. The zero-order chi connectivity index (χ0) is 30.2. The average Bonchev–Trinajstić information content (AvgIpc) is 3.00. The summed E-state index contributed by atoms with van der Waals surface area (Å²) in [5.74, 6) is 0.137. The van der Waals surface area contributed by atoms with Crippen molar-refractivity contribution in [1.29, 1.82) is 0 Å². The summed E-state index contributed by atoms with van der Waals surface area (Å²) >= 11 is 5.69. The molecule has 0 unspecified atom stereocenters. The number of ether oxygens (including phenoxy) is 5. The van der Waals surface area contributed by atoms with Gasteiger partial charge in [-0.1, -0.05) is 6.07 Å². The highest BCUT2D eigenvalue weighted by Crippen LogP contribution is 2.33. The molecule has 11 heteroatoms. The molecule has 0 aliphatic carbocycles. The van der Waals surface area contributed by atoms with Crippen LogP contribution >= 0.6 is 12.2 Å². The van der Waals surface area contributed by atoms with E-state index in [1.54, 1.807) is 94.8 Å². The van der Waals surface area contributed by atoms with Crippen LogP contribution in [-0.2, 0) is 19.1 Å². The van der Waals surface area contributed by atoms with Gasteiger partial charge in [0.25, 0.3) is 11.8 Å². The third-order valence-corrected chi connectivity index (χ3v) is 6.51. The molecule has 4 rings (SSSR count). The molecule has 0 bridgehead atoms. The van der Waals surface area contributed by atoms with E-state index in [0.717, 1.165) is 0 Å². The summed E-state index contributed by atoms with van der Waals surface area (Å²) in [7, 11) is 3.08. The van der Waals surface area contributed by atoms with Crippen LogP contribution in [0.25, 0.3) is 6.08 Å². The number of methoxy groups -OCH3 is 2. The van der Waals surface area contributed by atoms with Gasteiger partial charge in [-0.05, 0) is 98.4 Å². The van der Waals surface area contributed by atoms with Crippen molar-refractivity contribution in [3.05, 3.63) is 77.9 Å². The maximum absolute atomic E-state index is 13.9. The molecule has 1 heterocycles. The SMILES string of the molecule is CCOC(=O)COc1ccc(C=C2C(=O)N(c3ccc(OC)cc3)C(=S)N(c3ccc(OC)cc3)C2=O)cc1OCC. The fraction of sp³-hybridized carbons (Fsp3) is 0.226. The molecule has 0 N–H and O–H groups in total. The topological polar surface area (TPSA) is 104 Å². The molecule has 218 valence electrons. The smallest absolute Gasteiger partial charge is 0.344 e. The van der Waals surface area contributed by atoms with E-state index in [-0.39, 0.29) is 23.9 Å². The van der Waals surface area contributed by atoms with Crippen molar-refractivity contribution in [3.63, 3.8) is 0 Å². The van der Waals surface area contributed by atoms with Gasteiger partial charge < -0.3 is 23.7 Å². The first-order valence-corrected chi connectivity index (χ1v) is 13.5. The van der Waals surface area contributed by atoms with E-state index in [1.807, 2.05) is 0 Å². The molecule has 0 radical (unpaired) electrons. The quantitative estimate of drug-likeness (QED) is 0.135. The molecular weight excluding hydrogens is 560 g/mol. The van der Waals surface area contributed by atoms with Crippen molar-refractivity contribution in [3.8, 4) is 23.0 Å². The predicted octanol–water partition coefficient (Wildman–Crippen LogP) is 4.79. The lowest BCUT2D eigenvalue weighted by Gasteiger charge is -2.36. The molecule has 0 spiro atoms. The van der Waals surface area contributed by atoms with E-state index in [1.165, 1.54) is 15.9 Å². The van der Waals surface area contributed by atoms with Gasteiger partial charge in [0.15, 0.2) is 23.2 Å². The Hall–Kier alpha value is -4.90. The number of anilines is 2. The van der Waals surface area contributed by atoms with Crippen LogP contribution in [0.5, 0.6) is 23.0 Å². The average molecular weight is 591 g/mol. The number of hydrogen-bond acceptors (Lipinski definition) is 9. The van der Waals surface area contributed by atoms with E-state index in [2.05, 4.69) is 0 Å². The number of hydrogen-bond donors (Lipinski definition) is 0. The number of amides is 2. The summed E-state index contributed by atoms with van der Waals surface area (Å²) in [6, 6.07) is 18.4. The third kappa shape index (κ3) is 6.52. The summed E-state index contributed by atoms with van der Waals surface area (Å²) in [6.07, 6.45) is 1.47. The van der Waals surface area contributed by atoms with Crippen LogP contribution in [0.1, 0.15) is 19.4 Å². The van der Waals surface area contributed by atoms with Gasteiger partial charge in [0.2, 0.25) is 0 Å². The van der Waals surface area contributed by atoms with Gasteiger partial charge in [0, 0.05) is 0 Å². The van der Waals surface area contributed by atoms with Crippen molar-refractivity contribution in [2.24, 2.45) is 0 Å². The number of rotatable bonds is 11. The number of benzene rings is 3. The molecule has 42 heavy (non-hydrogen) atoms. The third-order valence-electron chi connectivity index (χ3n) is 6.14. The summed E-state index contributed by atoms with van der Waals surface area (Å²) in [6.45, 7) is 3.77. The van der Waals surface area contributed by atoms with E-state index >= 15 is 0 Å². The summed E-state index contributed by atoms with van der Waals surface area (Å²) in [5.41, 5.74) is 1.29. The summed E-state index contributed by atoms with van der Waals surface area (Å²) < 4.78 is 26.7. The standard InChI is InChI=1S/C31H30N2O8S/c1-5-39-27-18-20(7-16-26(27)41-19-28(34)40-6-2)17-25-29(35)32(21-8-12-23(37-3)13-9-21)31(42)33(30(25)36)22-10-14-24(38-4)15-11-22/h7-18H,5-6,19H2,1-4H3. The van der Waals surface area contributed by atoms with Gasteiger partial charge in [-0.3, -0.25) is 19.4 Å². The van der Waals surface area contributed by atoms with Gasteiger partial charge in [-0.2, -0.15) is 0 Å². The fourth-order valence-electron chi connectivity index (χ4n) is 4.16. The lowest BCUT2D eigenvalue weighted by atomic mass is 10.0. The minimum Gasteiger partial charge on any atom is -0.497 e. The Kier molecular flexibility index (Phi) is 9.77. The molecule has 1 aliphatic heterocycles. The largest absolute Gasteiger partial charge is 0.497 e. The lowest BCUT2D eigenvalue weighted by Crippen LogP contribution is -2.56. The molecule has 3 aromatic rings. The first-order chi connectivity index (χ1) is 20.3. The molecule has 1 fully saturated rings. The van der Waals surface area contributed by atoms with Gasteiger partial charge in [0.1, 0.15) is 17.1 Å². The molecule has 0 atom stereocenters. The van der Waals surface area contributed by atoms with Crippen molar-refractivity contribution >= 4 is 52.6 Å². The first-order valence-electron chi connectivity index (χ1n) is 13.1. The summed E-state index contributed by atoms with van der Waals surface area (Å²) in [5, 5.41) is -0.00444. The van der Waals surface area contributed by atoms with Crippen molar-refractivity contribution < 1.29 is 38.1 Å². The first kappa shape index (κ1) is 30.1. The van der Waals surface area contributed by atoms with E-state index < -0.39 is 17.8 Å². The number of nitrogens with zero attached hydrogens (tertiary/aromatic N) is 2. The van der Waals surface area contributed by atoms with Crippen molar-refractivity contribution in [2.45, 2.75) is 13.8 Å². The Labute approximate surface area is 249 Å². The van der Waals surface area contributed by atoms with Crippen LogP contribution < -0.4 is 28.7 Å². The van der Waals surface area contributed by atoms with Gasteiger partial charge in [-0.15, -0.1) is 0 Å². The monoisotopic (exact) mass is 590 g/mol. The van der Waals surface area contributed by atoms with Gasteiger partial charge in [-0.25, -0.2) is 4.79 Å². The van der Waals surface area contributed by atoms with E-state index in [9.17, 15) is 14.4 Å². The van der Waals surface area contributed by atoms with Crippen LogP contribution in [0.2, 0.25) is 0 Å². The molecule has 2 amide bonds. The van der Waals surface area contributed by atoms with Crippen LogP contribution in [0.4, 0.5) is 11.4 Å². The Bertz CT molecular complexity index is 1430. The van der Waals surface area contributed by atoms with Crippen molar-refractivity contribution in [1.82, 2.24) is 0 Å². The second-order valence-corrected chi connectivity index (χ2v) is 9.12. The molecule has 0 saturated carbocycles. The Balaban J connectivity index is 1.76. The van der Waals surface area contributed by atoms with Gasteiger partial charge >= 0.3 is 5.97 Å². The van der Waals surface area contributed by atoms with Crippen LogP contribution in [0.3, 0.4) is 0 Å². The van der Waals surface area contributed by atoms with Crippen molar-refractivity contribution in [2.75, 3.05) is 43.8 Å². The normalized spacial score (nSPS) is 13.1. The Morgan fingerprint density at radius 1 is 0.762 bits per heavy atom. The molecular formula is C31H30N2O8S. The minimum absolute atomic E-state index is 0.00444. The van der Waals surface area contributed by atoms with Gasteiger partial charge in [0.05, 0.1) is 38.8 Å². The van der Waals surface area contributed by atoms with E-state index in [4.69, 9.17) is 35.9 Å². The number of carbonyl (C=O) groups excluding carboxylic acids is 3. The van der Waals surface area contributed by atoms with Crippen LogP contribution in [-0.4, -0.2) is 56.9 Å². The number of carbonyl (C=O) groups is 3. The molecule has 10 nitrogen and oxygen atoms in total. The predicted molar refractivity (Wildman–Crippen MR) is 161 cm³/mol. The Morgan fingerprint density at radius 3 is 1.79 bits per heavy atom. The Morgan fingerprint density at radius 2 is 1.31 bits per heavy atom. The molecule has 0 aromatic heterocycles. The molecule has 1 aliphatic rings. The molecule has 3 aromatic carbocycles. The van der Waals surface area contributed by atoms with E-state index in [0.29, 0.717) is 46.5 Å². The lowest BCUT2D eigenvalue weighted by molar-refractivity contribution is -0.145. The second kappa shape index (κ2) is 13.6. The number of esters is 1. The zero-order valence-electron chi connectivity index (χ0n) is 23.6. The second-order valence-electron chi connectivity index (χ2n) is 8.75. The maximum atomic E-state index is 13.9. The maximum Gasteiger partial charge on any atom is 0.344 e. The highest BCUT2D eigenvalue weighted by Gasteiger charge is 2.41. The zero-order valence-corrected chi connectivity index (χ0v) is 24.4. The van der Waals surface area contributed by atoms with Crippen LogP contribution in [0.15, 0.2) is 72.3 Å².